The first-order valence-corrected chi connectivity index (χ1v) is 4.60. The highest BCUT2D eigenvalue weighted by Gasteiger charge is 2.29. The largest absolute Gasteiger partial charge is 0.438 e. The lowest BCUT2D eigenvalue weighted by Crippen LogP contribution is -2.53. The molecule has 0 saturated carbocycles. The average molecular weight is 223 g/mol. The lowest BCUT2D eigenvalue weighted by molar-refractivity contribution is -0.135. The molecule has 0 aliphatic carbocycles. The number of hydrogen-bond donors (Lipinski definition) is 1. The van der Waals surface area contributed by atoms with Gasteiger partial charge in [0, 0.05) is 0 Å². The minimum Gasteiger partial charge on any atom is -0.438 e. The summed E-state index contributed by atoms with van der Waals surface area (Å²) in [4.78, 5) is 38.9. The lowest BCUT2D eigenvalue weighted by Gasteiger charge is -2.24. The van der Waals surface area contributed by atoms with Crippen LogP contribution in [0.25, 0.3) is 0 Å². The molecule has 1 saturated heterocycles. The molecule has 0 spiro atoms. The van der Waals surface area contributed by atoms with Crippen LogP contribution in [-0.4, -0.2) is 40.7 Å². The fourth-order valence-electron chi connectivity index (χ4n) is 1.43. The van der Waals surface area contributed by atoms with Gasteiger partial charge in [0.2, 0.25) is 17.6 Å². The van der Waals surface area contributed by atoms with Crippen molar-refractivity contribution in [3.8, 4) is 0 Å². The lowest BCUT2D eigenvalue weighted by atomic mass is 10.3. The molecule has 1 aromatic heterocycles. The van der Waals surface area contributed by atoms with Crippen molar-refractivity contribution in [1.82, 2.24) is 15.2 Å². The van der Waals surface area contributed by atoms with Gasteiger partial charge in [-0.3, -0.25) is 19.7 Å². The van der Waals surface area contributed by atoms with Crippen LogP contribution in [0, 0.1) is 6.92 Å². The summed E-state index contributed by atoms with van der Waals surface area (Å²) in [7, 11) is 0. The first-order valence-electron chi connectivity index (χ1n) is 4.60. The van der Waals surface area contributed by atoms with Crippen LogP contribution < -0.4 is 5.32 Å². The Kier molecular flexibility index (Phi) is 2.43. The molecule has 7 heteroatoms. The van der Waals surface area contributed by atoms with Crippen molar-refractivity contribution in [2.75, 3.05) is 13.1 Å². The molecule has 1 aliphatic rings. The number of piperazine rings is 1. The number of rotatable bonds is 1. The van der Waals surface area contributed by atoms with Crippen LogP contribution in [0.3, 0.4) is 0 Å². The maximum Gasteiger partial charge on any atom is 0.292 e. The van der Waals surface area contributed by atoms with Gasteiger partial charge < -0.3 is 9.32 Å². The number of carbonyl (C=O) groups excluding carboxylic acids is 3. The summed E-state index contributed by atoms with van der Waals surface area (Å²) in [5, 5.41) is 2.11. The molecule has 84 valence electrons. The predicted molar refractivity (Wildman–Crippen MR) is 50.3 cm³/mol. The van der Waals surface area contributed by atoms with Gasteiger partial charge in [-0.1, -0.05) is 0 Å². The summed E-state index contributed by atoms with van der Waals surface area (Å²) >= 11 is 0. The smallest absolute Gasteiger partial charge is 0.292 e. The van der Waals surface area contributed by atoms with E-state index in [0.29, 0.717) is 5.69 Å². The van der Waals surface area contributed by atoms with Crippen molar-refractivity contribution in [2.24, 2.45) is 0 Å². The zero-order chi connectivity index (χ0) is 11.7. The van der Waals surface area contributed by atoms with E-state index in [1.807, 2.05) is 0 Å². The Morgan fingerprint density at radius 2 is 2.06 bits per heavy atom. The molecule has 0 radical (unpaired) electrons. The van der Waals surface area contributed by atoms with Crippen LogP contribution >= 0.6 is 0 Å². The van der Waals surface area contributed by atoms with Crippen LogP contribution in [0.5, 0.6) is 0 Å². The molecular formula is C9H9N3O4. The number of carbonyl (C=O) groups is 3. The third kappa shape index (κ3) is 1.79. The summed E-state index contributed by atoms with van der Waals surface area (Å²) in [5.74, 6) is -1.44. The van der Waals surface area contributed by atoms with E-state index in [1.54, 1.807) is 6.92 Å². The molecule has 1 aliphatic heterocycles. The molecule has 0 bridgehead atoms. The van der Waals surface area contributed by atoms with E-state index < -0.39 is 17.7 Å². The van der Waals surface area contributed by atoms with E-state index >= 15 is 0 Å². The number of nitrogens with zero attached hydrogens (tertiary/aromatic N) is 2. The number of oxazole rings is 1. The third-order valence-electron chi connectivity index (χ3n) is 2.17. The molecule has 2 heterocycles. The predicted octanol–water partition coefficient (Wildman–Crippen LogP) is -0.918. The average Bonchev–Trinajstić information content (AvgIpc) is 2.62. The Labute approximate surface area is 90.4 Å². The summed E-state index contributed by atoms with van der Waals surface area (Å²) < 4.78 is 4.90. The molecule has 16 heavy (non-hydrogen) atoms. The minimum atomic E-state index is -0.502. The van der Waals surface area contributed by atoms with Gasteiger partial charge in [-0.2, -0.15) is 0 Å². The van der Waals surface area contributed by atoms with Crippen molar-refractivity contribution in [3.63, 3.8) is 0 Å². The van der Waals surface area contributed by atoms with Crippen molar-refractivity contribution < 1.29 is 18.8 Å². The monoisotopic (exact) mass is 223 g/mol. The van der Waals surface area contributed by atoms with E-state index in [2.05, 4.69) is 10.3 Å². The van der Waals surface area contributed by atoms with Crippen molar-refractivity contribution in [1.29, 1.82) is 0 Å². The van der Waals surface area contributed by atoms with Crippen molar-refractivity contribution >= 4 is 17.7 Å². The molecule has 0 atom stereocenters. The molecule has 1 fully saturated rings. The van der Waals surface area contributed by atoms with Crippen LogP contribution in [0.4, 0.5) is 0 Å². The molecule has 0 aromatic carbocycles. The van der Waals surface area contributed by atoms with Crippen molar-refractivity contribution in [3.05, 3.63) is 17.8 Å². The minimum absolute atomic E-state index is 0.0579. The zero-order valence-corrected chi connectivity index (χ0v) is 8.52. The molecule has 0 unspecified atom stereocenters. The summed E-state index contributed by atoms with van der Waals surface area (Å²) in [6.07, 6.45) is 1.15. The number of amides is 3. The van der Waals surface area contributed by atoms with Gasteiger partial charge in [-0.25, -0.2) is 4.98 Å². The second-order valence-corrected chi connectivity index (χ2v) is 3.40. The zero-order valence-electron chi connectivity index (χ0n) is 8.52. The Morgan fingerprint density at radius 1 is 1.44 bits per heavy atom. The normalized spacial score (nSPS) is 16.2. The maximum absolute atomic E-state index is 11.8. The summed E-state index contributed by atoms with van der Waals surface area (Å²) in [6, 6.07) is 0. The number of aryl methyl sites for hydroxylation is 1. The van der Waals surface area contributed by atoms with Gasteiger partial charge in [-0.05, 0) is 6.92 Å². The van der Waals surface area contributed by atoms with E-state index in [-0.39, 0.29) is 18.8 Å². The quantitative estimate of drug-likeness (QED) is 0.621. The molecule has 3 amide bonds. The van der Waals surface area contributed by atoms with Crippen LogP contribution in [-0.2, 0) is 9.59 Å². The highest BCUT2D eigenvalue weighted by atomic mass is 16.3. The van der Waals surface area contributed by atoms with E-state index in [4.69, 9.17) is 4.42 Å². The Bertz CT molecular complexity index is 449. The maximum atomic E-state index is 11.8. The SMILES string of the molecule is Cc1ncoc1C(=O)N1CC(=O)NC(=O)C1. The Balaban J connectivity index is 2.19. The molecule has 1 aromatic rings. The van der Waals surface area contributed by atoms with Crippen molar-refractivity contribution in [2.45, 2.75) is 6.92 Å². The Morgan fingerprint density at radius 3 is 2.56 bits per heavy atom. The van der Waals surface area contributed by atoms with Gasteiger partial charge >= 0.3 is 0 Å². The molecule has 2 rings (SSSR count). The van der Waals surface area contributed by atoms with E-state index in [9.17, 15) is 14.4 Å². The van der Waals surface area contributed by atoms with Gasteiger partial charge in [0.1, 0.15) is 13.1 Å². The summed E-state index contributed by atoms with van der Waals surface area (Å²) in [6.45, 7) is 1.32. The van der Waals surface area contributed by atoms with Crippen LogP contribution in [0.15, 0.2) is 10.8 Å². The highest BCUT2D eigenvalue weighted by Crippen LogP contribution is 2.10. The van der Waals surface area contributed by atoms with Crippen LogP contribution in [0.1, 0.15) is 16.2 Å². The second-order valence-electron chi connectivity index (χ2n) is 3.40. The van der Waals surface area contributed by atoms with Crippen LogP contribution in [0.2, 0.25) is 0 Å². The standard InChI is InChI=1S/C9H9N3O4/c1-5-8(16-4-10-5)9(15)12-2-6(13)11-7(14)3-12/h4H,2-3H2,1H3,(H,11,13,14). The topological polar surface area (TPSA) is 92.5 Å². The van der Waals surface area contributed by atoms with Gasteiger partial charge in [-0.15, -0.1) is 0 Å². The fraction of sp³-hybridized carbons (Fsp3) is 0.333. The number of nitrogens with one attached hydrogen (secondary N) is 1. The number of imide groups is 1. The van der Waals surface area contributed by atoms with Gasteiger partial charge in [0.15, 0.2) is 6.39 Å². The first kappa shape index (κ1) is 10.3. The van der Waals surface area contributed by atoms with Gasteiger partial charge in [0.25, 0.3) is 5.91 Å². The number of aromatic nitrogens is 1. The first-order chi connectivity index (χ1) is 7.58. The summed E-state index contributed by atoms with van der Waals surface area (Å²) in [5.41, 5.74) is 0.434. The van der Waals surface area contributed by atoms with E-state index in [1.165, 1.54) is 0 Å². The number of hydrogen-bond acceptors (Lipinski definition) is 5. The fourth-order valence-corrected chi connectivity index (χ4v) is 1.43. The molecule has 7 nitrogen and oxygen atoms in total. The van der Waals surface area contributed by atoms with Gasteiger partial charge in [0.05, 0.1) is 5.69 Å². The Hall–Kier alpha value is -2.18. The third-order valence-corrected chi connectivity index (χ3v) is 2.17. The second kappa shape index (κ2) is 3.76. The molecular weight excluding hydrogens is 214 g/mol. The van der Waals surface area contributed by atoms with E-state index in [0.717, 1.165) is 11.3 Å². The highest BCUT2D eigenvalue weighted by molar-refractivity contribution is 6.05. The molecule has 1 N–H and O–H groups in total.